The highest BCUT2D eigenvalue weighted by Gasteiger charge is 2.30. The van der Waals surface area contributed by atoms with Gasteiger partial charge in [0.05, 0.1) is 32.8 Å². The quantitative estimate of drug-likeness (QED) is 0.214. The highest BCUT2D eigenvalue weighted by Crippen LogP contribution is 2.38. The predicted molar refractivity (Wildman–Crippen MR) is 150 cm³/mol. The van der Waals surface area contributed by atoms with E-state index in [1.54, 1.807) is 68.6 Å². The van der Waals surface area contributed by atoms with Crippen LogP contribution in [-0.2, 0) is 16.1 Å². The van der Waals surface area contributed by atoms with Gasteiger partial charge in [-0.15, -0.1) is 0 Å². The zero-order valence-corrected chi connectivity index (χ0v) is 22.9. The second kappa shape index (κ2) is 12.0. The Morgan fingerprint density at radius 1 is 1.03 bits per heavy atom. The second-order valence-corrected chi connectivity index (χ2v) is 10.1. The number of rotatable bonds is 7. The fraction of sp³-hybridized carbons (Fsp3) is 0.148. The Bertz CT molecular complexity index is 1370. The molecule has 3 aromatic carbocycles. The molecule has 1 saturated heterocycles. The Morgan fingerprint density at radius 2 is 1.68 bits per heavy atom. The first-order valence-corrected chi connectivity index (χ1v) is 13.1. The third-order valence-corrected chi connectivity index (χ3v) is 7.10. The van der Waals surface area contributed by atoms with Gasteiger partial charge in [0.15, 0.2) is 10.9 Å². The van der Waals surface area contributed by atoms with Crippen molar-refractivity contribution in [3.63, 3.8) is 0 Å². The molecule has 0 N–H and O–H groups in total. The molecule has 1 fully saturated rings. The van der Waals surface area contributed by atoms with Crippen LogP contribution < -0.4 is 4.74 Å². The van der Waals surface area contributed by atoms with E-state index in [0.29, 0.717) is 54.3 Å². The number of esters is 1. The van der Waals surface area contributed by atoms with Crippen molar-refractivity contribution in [3.8, 4) is 5.75 Å². The molecule has 1 aliphatic heterocycles. The number of hydrogen-bond acceptors (Lipinski definition) is 6. The molecule has 0 bridgehead atoms. The fourth-order valence-electron chi connectivity index (χ4n) is 3.34. The SMILES string of the molecule is CCOC(=O)c1ccc(N=C2SC(=Cc3cc(Cl)c(OCc4ccc(Cl)cc4)c(Cl)c3)C(=O)N2C)cc1. The van der Waals surface area contributed by atoms with Crippen LogP contribution in [0.4, 0.5) is 5.69 Å². The maximum absolute atomic E-state index is 12.8. The highest BCUT2D eigenvalue weighted by atomic mass is 35.5. The normalized spacial score (nSPS) is 15.5. The predicted octanol–water partition coefficient (Wildman–Crippen LogP) is 7.64. The molecular weight excluding hydrogens is 555 g/mol. The molecule has 0 saturated carbocycles. The minimum absolute atomic E-state index is 0.206. The highest BCUT2D eigenvalue weighted by molar-refractivity contribution is 8.18. The van der Waals surface area contributed by atoms with Crippen LogP contribution in [0.2, 0.25) is 15.1 Å². The largest absolute Gasteiger partial charge is 0.486 e. The first kappa shape index (κ1) is 27.1. The van der Waals surface area contributed by atoms with Gasteiger partial charge in [0.25, 0.3) is 5.91 Å². The van der Waals surface area contributed by atoms with Gasteiger partial charge in [0.2, 0.25) is 0 Å². The number of carbonyl (C=O) groups is 2. The summed E-state index contributed by atoms with van der Waals surface area (Å²) in [6.45, 7) is 2.33. The van der Waals surface area contributed by atoms with Crippen molar-refractivity contribution in [1.82, 2.24) is 4.90 Å². The van der Waals surface area contributed by atoms with Gasteiger partial charge in [-0.05, 0) is 84.4 Å². The number of carbonyl (C=O) groups excluding carboxylic acids is 2. The molecule has 1 heterocycles. The number of nitrogens with zero attached hydrogens (tertiary/aromatic N) is 2. The Morgan fingerprint density at radius 3 is 2.30 bits per heavy atom. The van der Waals surface area contributed by atoms with Crippen LogP contribution in [0.25, 0.3) is 6.08 Å². The number of halogens is 3. The average molecular weight is 576 g/mol. The van der Waals surface area contributed by atoms with Crippen molar-refractivity contribution in [2.24, 2.45) is 4.99 Å². The van der Waals surface area contributed by atoms with Crippen LogP contribution in [0.1, 0.15) is 28.4 Å². The Kier molecular flexibility index (Phi) is 8.82. The average Bonchev–Trinajstić information content (AvgIpc) is 3.12. The summed E-state index contributed by atoms with van der Waals surface area (Å²) in [4.78, 5) is 31.2. The van der Waals surface area contributed by atoms with Crippen LogP contribution in [0, 0.1) is 0 Å². The molecule has 0 radical (unpaired) electrons. The van der Waals surface area contributed by atoms with E-state index in [0.717, 1.165) is 5.56 Å². The number of amides is 1. The van der Waals surface area contributed by atoms with E-state index >= 15 is 0 Å². The zero-order valence-electron chi connectivity index (χ0n) is 19.8. The minimum atomic E-state index is -0.395. The van der Waals surface area contributed by atoms with Crippen LogP contribution >= 0.6 is 46.6 Å². The summed E-state index contributed by atoms with van der Waals surface area (Å²) in [7, 11) is 1.65. The van der Waals surface area contributed by atoms with Crippen LogP contribution in [0.3, 0.4) is 0 Å². The van der Waals surface area contributed by atoms with Crippen LogP contribution in [0.15, 0.2) is 70.6 Å². The lowest BCUT2D eigenvalue weighted by Crippen LogP contribution is -2.23. The maximum Gasteiger partial charge on any atom is 0.338 e. The zero-order chi connectivity index (χ0) is 26.5. The van der Waals surface area contributed by atoms with E-state index in [1.165, 1.54) is 16.7 Å². The number of ether oxygens (including phenoxy) is 2. The standard InChI is InChI=1S/C27H21Cl3N2O4S/c1-3-35-26(34)18-6-10-20(11-7-18)31-27-32(2)25(33)23(37-27)14-17-12-21(29)24(22(30)13-17)36-15-16-4-8-19(28)9-5-16/h4-14H,3,15H2,1-2H3. The summed E-state index contributed by atoms with van der Waals surface area (Å²) < 4.78 is 10.8. The summed E-state index contributed by atoms with van der Waals surface area (Å²) in [5.74, 6) is -0.244. The summed E-state index contributed by atoms with van der Waals surface area (Å²) in [5.41, 5.74) is 2.60. The molecule has 6 nitrogen and oxygen atoms in total. The molecule has 4 rings (SSSR count). The molecule has 0 atom stereocenters. The van der Waals surface area contributed by atoms with E-state index in [-0.39, 0.29) is 12.5 Å². The van der Waals surface area contributed by atoms with E-state index in [1.807, 2.05) is 12.1 Å². The van der Waals surface area contributed by atoms with Gasteiger partial charge >= 0.3 is 5.97 Å². The van der Waals surface area contributed by atoms with E-state index in [4.69, 9.17) is 44.3 Å². The molecule has 1 amide bonds. The molecule has 0 unspecified atom stereocenters. The van der Waals surface area contributed by atoms with Gasteiger partial charge in [-0.3, -0.25) is 9.69 Å². The first-order chi connectivity index (χ1) is 17.7. The van der Waals surface area contributed by atoms with Gasteiger partial charge in [0.1, 0.15) is 6.61 Å². The molecule has 10 heteroatoms. The van der Waals surface area contributed by atoms with Crippen molar-refractivity contribution in [3.05, 3.63) is 97.3 Å². The van der Waals surface area contributed by atoms with Crippen LogP contribution in [0.5, 0.6) is 5.75 Å². The molecule has 0 aliphatic carbocycles. The van der Waals surface area contributed by atoms with Gasteiger partial charge in [-0.25, -0.2) is 9.79 Å². The summed E-state index contributed by atoms with van der Waals surface area (Å²) in [5, 5.41) is 1.79. The summed E-state index contributed by atoms with van der Waals surface area (Å²) >= 11 is 20.0. The summed E-state index contributed by atoms with van der Waals surface area (Å²) in [6.07, 6.45) is 1.70. The van der Waals surface area contributed by atoms with Gasteiger partial charge in [-0.1, -0.05) is 46.9 Å². The van der Waals surface area contributed by atoms with Crippen molar-refractivity contribution >= 4 is 75.4 Å². The van der Waals surface area contributed by atoms with Crippen molar-refractivity contribution < 1.29 is 19.1 Å². The molecule has 0 aromatic heterocycles. The Hall–Kier alpha value is -2.97. The number of amidine groups is 1. The smallest absolute Gasteiger partial charge is 0.338 e. The van der Waals surface area contributed by atoms with E-state index in [2.05, 4.69) is 4.99 Å². The number of aliphatic imine (C=N–C) groups is 1. The monoisotopic (exact) mass is 574 g/mol. The maximum atomic E-state index is 12.8. The Labute approximate surface area is 233 Å². The van der Waals surface area contributed by atoms with Crippen molar-refractivity contribution in [1.29, 1.82) is 0 Å². The van der Waals surface area contributed by atoms with Crippen LogP contribution in [-0.4, -0.2) is 35.6 Å². The van der Waals surface area contributed by atoms with Crippen molar-refractivity contribution in [2.45, 2.75) is 13.5 Å². The number of likely N-dealkylation sites (N-methyl/N-ethyl adjacent to an activating group) is 1. The molecule has 0 spiro atoms. The number of hydrogen-bond donors (Lipinski definition) is 0. The molecular formula is C27H21Cl3N2O4S. The summed E-state index contributed by atoms with van der Waals surface area (Å²) in [6, 6.07) is 17.3. The molecule has 37 heavy (non-hydrogen) atoms. The third-order valence-electron chi connectivity index (χ3n) is 5.22. The molecule has 190 valence electrons. The van der Waals surface area contributed by atoms with Crippen molar-refractivity contribution in [2.75, 3.05) is 13.7 Å². The van der Waals surface area contributed by atoms with E-state index in [9.17, 15) is 9.59 Å². The van der Waals surface area contributed by atoms with Gasteiger partial charge in [0, 0.05) is 12.1 Å². The lowest BCUT2D eigenvalue weighted by atomic mass is 10.2. The molecule has 1 aliphatic rings. The fourth-order valence-corrected chi connectivity index (χ4v) is 5.06. The lowest BCUT2D eigenvalue weighted by Gasteiger charge is -2.11. The topological polar surface area (TPSA) is 68.2 Å². The third kappa shape index (κ3) is 6.67. The molecule has 3 aromatic rings. The number of thioether (sulfide) groups is 1. The van der Waals surface area contributed by atoms with Gasteiger partial charge in [-0.2, -0.15) is 0 Å². The second-order valence-electron chi connectivity index (χ2n) is 7.87. The lowest BCUT2D eigenvalue weighted by molar-refractivity contribution is -0.121. The first-order valence-electron chi connectivity index (χ1n) is 11.1. The minimum Gasteiger partial charge on any atom is -0.486 e. The van der Waals surface area contributed by atoms with E-state index < -0.39 is 5.97 Å². The number of benzene rings is 3. The van der Waals surface area contributed by atoms with Gasteiger partial charge < -0.3 is 9.47 Å². The Balaban J connectivity index is 1.49.